The minimum Gasteiger partial charge on any atom is -0.451 e. The molecule has 170 valence electrons. The van der Waals surface area contributed by atoms with E-state index in [1.54, 1.807) is 24.3 Å². The third-order valence-electron chi connectivity index (χ3n) is 4.39. The zero-order valence-corrected chi connectivity index (χ0v) is 19.4. The predicted octanol–water partition coefficient (Wildman–Crippen LogP) is 4.55. The Kier molecular flexibility index (Phi) is 7.24. The Bertz CT molecular complexity index is 1300. The molecule has 0 aliphatic rings. The Labute approximate surface area is 197 Å². The molecule has 0 unspecified atom stereocenters. The number of ketones is 1. The number of carbonyl (C=O) groups excluding carboxylic acids is 2. The van der Waals surface area contributed by atoms with Gasteiger partial charge in [0.2, 0.25) is 5.78 Å². The quantitative estimate of drug-likeness (QED) is 0.135. The molecule has 9 nitrogen and oxygen atoms in total. The van der Waals surface area contributed by atoms with E-state index in [2.05, 4.69) is 15.9 Å². The highest BCUT2D eigenvalue weighted by molar-refractivity contribution is 9.10. The normalized spacial score (nSPS) is 11.9. The first-order valence-corrected chi connectivity index (χ1v) is 11.6. The van der Waals surface area contributed by atoms with E-state index in [0.717, 1.165) is 22.7 Å². The molecule has 0 aromatic heterocycles. The van der Waals surface area contributed by atoms with Crippen molar-refractivity contribution >= 4 is 43.5 Å². The number of rotatable bonds is 8. The van der Waals surface area contributed by atoms with Crippen LogP contribution in [0.25, 0.3) is 0 Å². The van der Waals surface area contributed by atoms with Crippen LogP contribution in [-0.4, -0.2) is 31.2 Å². The molecule has 0 aliphatic carbocycles. The van der Waals surface area contributed by atoms with Crippen LogP contribution in [0.15, 0.2) is 82.2 Å². The first-order chi connectivity index (χ1) is 15.6. The van der Waals surface area contributed by atoms with Crippen molar-refractivity contribution in [1.82, 2.24) is 0 Å². The average molecular weight is 534 g/mol. The molecule has 0 N–H and O–H groups in total. The molecule has 1 atom stereocenters. The summed E-state index contributed by atoms with van der Waals surface area (Å²) >= 11 is 3.28. The fourth-order valence-corrected chi connectivity index (χ4v) is 3.94. The van der Waals surface area contributed by atoms with Crippen molar-refractivity contribution in [2.45, 2.75) is 17.9 Å². The van der Waals surface area contributed by atoms with Crippen LogP contribution in [0.2, 0.25) is 0 Å². The lowest BCUT2D eigenvalue weighted by Crippen LogP contribution is -2.24. The molecule has 0 heterocycles. The minimum absolute atomic E-state index is 0.0746. The Morgan fingerprint density at radius 3 is 2.18 bits per heavy atom. The lowest BCUT2D eigenvalue weighted by atomic mass is 10.1. The molecule has 0 radical (unpaired) electrons. The summed E-state index contributed by atoms with van der Waals surface area (Å²) in [6.45, 7) is 1.45. The van der Waals surface area contributed by atoms with Crippen molar-refractivity contribution in [3.05, 3.63) is 98.5 Å². The first kappa shape index (κ1) is 24.1. The average Bonchev–Trinajstić information content (AvgIpc) is 2.79. The lowest BCUT2D eigenvalue weighted by molar-refractivity contribution is -0.385. The monoisotopic (exact) mass is 533 g/mol. The number of ether oxygens (including phenoxy) is 1. The molecule has 11 heteroatoms. The second kappa shape index (κ2) is 9.92. The number of hydrogen-bond acceptors (Lipinski definition) is 8. The molecule has 3 aromatic rings. The summed E-state index contributed by atoms with van der Waals surface area (Å²) in [5, 5.41) is 10.9. The minimum atomic E-state index is -4.34. The van der Waals surface area contributed by atoms with Crippen molar-refractivity contribution in [3.8, 4) is 5.75 Å². The number of Topliss-reactive ketones (excluding diaryl/α,β-unsaturated/α-hetero) is 1. The van der Waals surface area contributed by atoms with Crippen molar-refractivity contribution in [2.24, 2.45) is 0 Å². The topological polar surface area (TPSA) is 130 Å². The molecule has 0 spiro atoms. The maximum atomic E-state index is 12.4. The van der Waals surface area contributed by atoms with E-state index in [1.807, 2.05) is 0 Å². The molecule has 3 aromatic carbocycles. The van der Waals surface area contributed by atoms with E-state index >= 15 is 0 Å². The van der Waals surface area contributed by atoms with E-state index in [9.17, 15) is 28.1 Å². The fraction of sp³-hybridized carbons (Fsp3) is 0.0909. The summed E-state index contributed by atoms with van der Waals surface area (Å²) in [6, 6.07) is 16.0. The van der Waals surface area contributed by atoms with Gasteiger partial charge in [0.1, 0.15) is 10.6 Å². The van der Waals surface area contributed by atoms with Crippen LogP contribution < -0.4 is 4.18 Å². The van der Waals surface area contributed by atoms with Gasteiger partial charge in [-0.15, -0.1) is 0 Å². The van der Waals surface area contributed by atoms with Crippen molar-refractivity contribution < 1.29 is 31.9 Å². The third-order valence-corrected chi connectivity index (χ3v) is 6.17. The summed E-state index contributed by atoms with van der Waals surface area (Å²) in [5.74, 6) is -1.27. The van der Waals surface area contributed by atoms with E-state index < -0.39 is 32.8 Å². The van der Waals surface area contributed by atoms with Crippen LogP contribution in [0, 0.1) is 10.1 Å². The number of nitro groups is 1. The van der Waals surface area contributed by atoms with Gasteiger partial charge in [0.25, 0.3) is 5.69 Å². The molecule has 3 rings (SSSR count). The second-order valence-corrected chi connectivity index (χ2v) is 9.20. The van der Waals surface area contributed by atoms with Crippen molar-refractivity contribution in [2.75, 3.05) is 0 Å². The smallest absolute Gasteiger partial charge is 0.339 e. The molecule has 33 heavy (non-hydrogen) atoms. The maximum Gasteiger partial charge on any atom is 0.339 e. The van der Waals surface area contributed by atoms with Crippen LogP contribution >= 0.6 is 15.9 Å². The van der Waals surface area contributed by atoms with E-state index in [4.69, 9.17) is 8.92 Å². The molecule has 0 aliphatic heterocycles. The Morgan fingerprint density at radius 1 is 0.970 bits per heavy atom. The summed E-state index contributed by atoms with van der Waals surface area (Å²) in [6.07, 6.45) is -1.04. The Hall–Kier alpha value is -3.57. The summed E-state index contributed by atoms with van der Waals surface area (Å²) in [5.41, 5.74) is 0.0590. The summed E-state index contributed by atoms with van der Waals surface area (Å²) in [4.78, 5) is 34.5. The number of non-ortho nitro benzene ring substituents is 1. The standard InChI is InChI=1S/C22H16BrNO8S/c1-14(21(25)15-5-9-17(23)10-6-15)31-22(26)16-7-11-19(12-8-16)32-33(29,30)20-4-2-3-18(13-20)24(27)28/h2-14H,1H3/t14-/m1/s1. The van der Waals surface area contributed by atoms with Gasteiger partial charge in [0, 0.05) is 22.2 Å². The van der Waals surface area contributed by atoms with Gasteiger partial charge >= 0.3 is 16.1 Å². The van der Waals surface area contributed by atoms with Crippen molar-refractivity contribution in [3.63, 3.8) is 0 Å². The van der Waals surface area contributed by atoms with Crippen LogP contribution in [-0.2, 0) is 14.9 Å². The first-order valence-electron chi connectivity index (χ1n) is 9.36. The van der Waals surface area contributed by atoms with Crippen LogP contribution in [0.4, 0.5) is 5.69 Å². The van der Waals surface area contributed by atoms with Gasteiger partial charge in [-0.25, -0.2) is 4.79 Å². The van der Waals surface area contributed by atoms with Gasteiger partial charge < -0.3 is 8.92 Å². The van der Waals surface area contributed by atoms with Gasteiger partial charge in [0.05, 0.1) is 10.5 Å². The third kappa shape index (κ3) is 6.02. The van der Waals surface area contributed by atoms with Gasteiger partial charge in [-0.05, 0) is 49.4 Å². The number of nitrogens with zero attached hydrogens (tertiary/aromatic N) is 1. The lowest BCUT2D eigenvalue weighted by Gasteiger charge is -2.13. The highest BCUT2D eigenvalue weighted by Crippen LogP contribution is 2.23. The Balaban J connectivity index is 1.67. The molecular formula is C22H16BrNO8S. The molecule has 0 bridgehead atoms. The summed E-state index contributed by atoms with van der Waals surface area (Å²) < 4.78 is 35.8. The largest absolute Gasteiger partial charge is 0.451 e. The number of carbonyl (C=O) groups is 2. The van der Waals surface area contributed by atoms with Crippen LogP contribution in [0.3, 0.4) is 0 Å². The second-order valence-electron chi connectivity index (χ2n) is 6.73. The van der Waals surface area contributed by atoms with E-state index in [0.29, 0.717) is 5.56 Å². The van der Waals surface area contributed by atoms with Crippen molar-refractivity contribution in [1.29, 1.82) is 0 Å². The van der Waals surface area contributed by atoms with Gasteiger partial charge in [-0.3, -0.25) is 14.9 Å². The Morgan fingerprint density at radius 2 is 1.58 bits per heavy atom. The molecule has 0 saturated carbocycles. The van der Waals surface area contributed by atoms with Crippen LogP contribution in [0.1, 0.15) is 27.6 Å². The number of nitro benzene ring substituents is 1. The zero-order chi connectivity index (χ0) is 24.2. The SMILES string of the molecule is C[C@@H](OC(=O)c1ccc(OS(=O)(=O)c2cccc([N+](=O)[O-])c2)cc1)C(=O)c1ccc(Br)cc1. The molecule has 0 amide bonds. The zero-order valence-electron chi connectivity index (χ0n) is 17.0. The predicted molar refractivity (Wildman–Crippen MR) is 121 cm³/mol. The molecule has 0 fully saturated rings. The number of benzene rings is 3. The molecular weight excluding hydrogens is 518 g/mol. The number of esters is 1. The number of hydrogen-bond donors (Lipinski definition) is 0. The number of halogens is 1. The molecule has 0 saturated heterocycles. The maximum absolute atomic E-state index is 12.4. The van der Waals surface area contributed by atoms with E-state index in [1.165, 1.54) is 37.3 Å². The highest BCUT2D eigenvalue weighted by atomic mass is 79.9. The highest BCUT2D eigenvalue weighted by Gasteiger charge is 2.22. The summed E-state index contributed by atoms with van der Waals surface area (Å²) in [7, 11) is -4.34. The van der Waals surface area contributed by atoms with Crippen LogP contribution in [0.5, 0.6) is 5.75 Å². The van der Waals surface area contributed by atoms with Gasteiger partial charge in [-0.2, -0.15) is 8.42 Å². The fourth-order valence-electron chi connectivity index (χ4n) is 2.70. The van der Waals surface area contributed by atoms with Gasteiger partial charge in [-0.1, -0.05) is 34.1 Å². The van der Waals surface area contributed by atoms with Gasteiger partial charge in [0.15, 0.2) is 6.10 Å². The van der Waals surface area contributed by atoms with E-state index in [-0.39, 0.29) is 22.0 Å².